The molecule has 5 heteroatoms. The van der Waals surface area contributed by atoms with E-state index < -0.39 is 0 Å². The van der Waals surface area contributed by atoms with Crippen molar-refractivity contribution in [1.82, 2.24) is 10.3 Å². The van der Waals surface area contributed by atoms with E-state index in [1.165, 1.54) is 0 Å². The number of allylic oxidation sites excluding steroid dienone is 1. The number of nitrogens with two attached hydrogens (primary N) is 2. The fourth-order valence-electron chi connectivity index (χ4n) is 3.41. The Kier molecular flexibility index (Phi) is 10.2. The van der Waals surface area contributed by atoms with Crippen LogP contribution in [0.5, 0.6) is 0 Å². The highest BCUT2D eigenvalue weighted by atomic mass is 15.4. The average molecular weight is 410 g/mol. The van der Waals surface area contributed by atoms with Gasteiger partial charge in [-0.2, -0.15) is 0 Å². The molecule has 1 heterocycles. The normalized spacial score (nSPS) is 18.6. The smallest absolute Gasteiger partial charge is 0.0826 e. The summed E-state index contributed by atoms with van der Waals surface area (Å²) in [5.41, 5.74) is 12.8. The standard InChI is InChI=1S/C23H33N5.C2H6/c1-7-18-15-28(17(5)13-14-26-16(3)4)21-12-10-9-11-20(21)22(24)23(27(6)25)19(18)8-2;1-2/h7-12,16,26H,1-2,5,13-15,24-25H2,3-4,6H3;1-2H3/b19-18-,23-22-;. The molecular formula is C25H39N5. The van der Waals surface area contributed by atoms with Crippen molar-refractivity contribution in [1.29, 1.82) is 0 Å². The second-order valence-corrected chi connectivity index (χ2v) is 7.25. The van der Waals surface area contributed by atoms with Crippen LogP contribution in [-0.2, 0) is 0 Å². The molecule has 0 aromatic heterocycles. The molecule has 0 bridgehead atoms. The van der Waals surface area contributed by atoms with Crippen LogP contribution in [0.15, 0.2) is 78.7 Å². The molecule has 1 aliphatic rings. The minimum absolute atomic E-state index is 0.435. The Bertz CT molecular complexity index is 815. The van der Waals surface area contributed by atoms with Gasteiger partial charge in [0.1, 0.15) is 0 Å². The molecule has 164 valence electrons. The van der Waals surface area contributed by atoms with Crippen LogP contribution in [0.25, 0.3) is 5.70 Å². The van der Waals surface area contributed by atoms with Crippen molar-refractivity contribution in [3.63, 3.8) is 0 Å². The molecule has 2 rings (SSSR count). The number of likely N-dealkylation sites (N-methyl/N-ethyl adjacent to an activating group) is 1. The highest BCUT2D eigenvalue weighted by molar-refractivity contribution is 5.82. The Morgan fingerprint density at radius 1 is 1.23 bits per heavy atom. The second-order valence-electron chi connectivity index (χ2n) is 7.25. The first kappa shape index (κ1) is 25.3. The Morgan fingerprint density at radius 3 is 2.40 bits per heavy atom. The molecule has 0 radical (unpaired) electrons. The molecule has 0 aliphatic carbocycles. The number of para-hydroxylation sites is 1. The second kappa shape index (κ2) is 12.1. The highest BCUT2D eigenvalue weighted by Crippen LogP contribution is 2.36. The molecule has 0 saturated heterocycles. The van der Waals surface area contributed by atoms with Crippen LogP contribution in [0.1, 0.15) is 39.7 Å². The van der Waals surface area contributed by atoms with Gasteiger partial charge in [0.15, 0.2) is 0 Å². The van der Waals surface area contributed by atoms with E-state index in [-0.39, 0.29) is 0 Å². The summed E-state index contributed by atoms with van der Waals surface area (Å²) < 4.78 is 0. The third-order valence-electron chi connectivity index (χ3n) is 4.82. The largest absolute Gasteiger partial charge is 0.396 e. The Balaban J connectivity index is 0.00000218. The SMILES string of the molecule is C=C/C1=C(C=C)/C(N(C)N)=C(/N)c2ccccc2N(C(=C)CCNC(C)C)C1.CC. The van der Waals surface area contributed by atoms with E-state index >= 15 is 0 Å². The van der Waals surface area contributed by atoms with Crippen molar-refractivity contribution in [2.24, 2.45) is 11.6 Å². The van der Waals surface area contributed by atoms with Gasteiger partial charge in [-0.1, -0.05) is 77.8 Å². The minimum Gasteiger partial charge on any atom is -0.396 e. The lowest BCUT2D eigenvalue weighted by Crippen LogP contribution is -2.34. The maximum absolute atomic E-state index is 6.62. The molecule has 5 N–H and O–H groups in total. The van der Waals surface area contributed by atoms with Gasteiger partial charge in [-0.05, 0) is 18.1 Å². The predicted molar refractivity (Wildman–Crippen MR) is 133 cm³/mol. The van der Waals surface area contributed by atoms with Crippen LogP contribution in [0.3, 0.4) is 0 Å². The van der Waals surface area contributed by atoms with Crippen LogP contribution in [0, 0.1) is 0 Å². The predicted octanol–water partition coefficient (Wildman–Crippen LogP) is 4.54. The van der Waals surface area contributed by atoms with Gasteiger partial charge < -0.3 is 21.0 Å². The van der Waals surface area contributed by atoms with E-state index in [4.69, 9.17) is 11.6 Å². The Morgan fingerprint density at radius 2 is 1.87 bits per heavy atom. The van der Waals surface area contributed by atoms with Crippen molar-refractivity contribution in [3.05, 3.63) is 84.3 Å². The van der Waals surface area contributed by atoms with Gasteiger partial charge in [0.25, 0.3) is 0 Å². The van der Waals surface area contributed by atoms with Crippen LogP contribution in [0.4, 0.5) is 5.69 Å². The summed E-state index contributed by atoms with van der Waals surface area (Å²) in [5, 5.41) is 5.00. The number of nitrogens with zero attached hydrogens (tertiary/aromatic N) is 2. The molecule has 30 heavy (non-hydrogen) atoms. The van der Waals surface area contributed by atoms with Crippen LogP contribution >= 0.6 is 0 Å². The maximum atomic E-state index is 6.62. The first-order valence-corrected chi connectivity index (χ1v) is 10.6. The van der Waals surface area contributed by atoms with E-state index in [0.29, 0.717) is 18.3 Å². The quantitative estimate of drug-likeness (QED) is 0.434. The van der Waals surface area contributed by atoms with Gasteiger partial charge in [0, 0.05) is 43.0 Å². The van der Waals surface area contributed by atoms with E-state index in [2.05, 4.69) is 49.9 Å². The lowest BCUT2D eigenvalue weighted by Gasteiger charge is -2.34. The number of hydrogen-bond acceptors (Lipinski definition) is 5. The van der Waals surface area contributed by atoms with Crippen molar-refractivity contribution >= 4 is 11.4 Å². The van der Waals surface area contributed by atoms with E-state index in [1.807, 2.05) is 38.1 Å². The molecular weight excluding hydrogens is 370 g/mol. The minimum atomic E-state index is 0.435. The van der Waals surface area contributed by atoms with Crippen molar-refractivity contribution in [3.8, 4) is 0 Å². The average Bonchev–Trinajstić information content (AvgIpc) is 2.72. The summed E-state index contributed by atoms with van der Waals surface area (Å²) >= 11 is 0. The first-order valence-electron chi connectivity index (χ1n) is 10.6. The number of benzene rings is 1. The fraction of sp³-hybridized carbons (Fsp3) is 0.360. The van der Waals surface area contributed by atoms with Crippen molar-refractivity contribution < 1.29 is 0 Å². The van der Waals surface area contributed by atoms with Crippen LogP contribution in [0.2, 0.25) is 0 Å². The van der Waals surface area contributed by atoms with Crippen molar-refractivity contribution in [2.75, 3.05) is 25.0 Å². The Hall–Kier alpha value is -2.76. The molecule has 0 amide bonds. The van der Waals surface area contributed by atoms with E-state index in [0.717, 1.165) is 46.8 Å². The summed E-state index contributed by atoms with van der Waals surface area (Å²) in [4.78, 5) is 2.21. The molecule has 1 aliphatic heterocycles. The van der Waals surface area contributed by atoms with E-state index in [1.54, 1.807) is 18.1 Å². The lowest BCUT2D eigenvalue weighted by atomic mass is 9.95. The Labute approximate surface area is 183 Å². The molecule has 0 unspecified atom stereocenters. The molecule has 5 nitrogen and oxygen atoms in total. The molecule has 0 fully saturated rings. The van der Waals surface area contributed by atoms with Gasteiger partial charge in [-0.3, -0.25) is 0 Å². The zero-order valence-electron chi connectivity index (χ0n) is 19.3. The topological polar surface area (TPSA) is 70.5 Å². The molecule has 1 aromatic rings. The van der Waals surface area contributed by atoms with Gasteiger partial charge in [-0.15, -0.1) is 0 Å². The number of nitrogens with one attached hydrogen (secondary N) is 1. The molecule has 0 spiro atoms. The van der Waals surface area contributed by atoms with Gasteiger partial charge in [-0.25, -0.2) is 5.84 Å². The van der Waals surface area contributed by atoms with Gasteiger partial charge in [0.2, 0.25) is 0 Å². The molecule has 0 saturated carbocycles. The van der Waals surface area contributed by atoms with Crippen molar-refractivity contribution in [2.45, 2.75) is 40.2 Å². The number of hydrogen-bond donors (Lipinski definition) is 3. The number of fused-ring (bicyclic) bond motifs is 1. The first-order chi connectivity index (χ1) is 14.3. The number of rotatable bonds is 8. The lowest BCUT2D eigenvalue weighted by molar-refractivity contribution is 0.451. The van der Waals surface area contributed by atoms with Crippen LogP contribution in [-0.4, -0.2) is 31.2 Å². The summed E-state index contributed by atoms with van der Waals surface area (Å²) in [6.45, 7) is 22.1. The van der Waals surface area contributed by atoms with Gasteiger partial charge >= 0.3 is 0 Å². The van der Waals surface area contributed by atoms with Crippen LogP contribution < -0.4 is 21.8 Å². The third-order valence-corrected chi connectivity index (χ3v) is 4.82. The zero-order valence-corrected chi connectivity index (χ0v) is 19.3. The summed E-state index contributed by atoms with van der Waals surface area (Å²) in [6.07, 6.45) is 4.46. The monoisotopic (exact) mass is 409 g/mol. The summed E-state index contributed by atoms with van der Waals surface area (Å²) in [5.74, 6) is 6.15. The zero-order chi connectivity index (χ0) is 22.8. The fourth-order valence-corrected chi connectivity index (χ4v) is 3.41. The number of anilines is 1. The third kappa shape index (κ3) is 5.88. The summed E-state index contributed by atoms with van der Waals surface area (Å²) in [6, 6.07) is 8.51. The molecule has 0 atom stereocenters. The van der Waals surface area contributed by atoms with E-state index in [9.17, 15) is 0 Å². The summed E-state index contributed by atoms with van der Waals surface area (Å²) in [7, 11) is 1.78. The molecule has 1 aromatic carbocycles. The van der Waals surface area contributed by atoms with Gasteiger partial charge in [0.05, 0.1) is 17.1 Å². The maximum Gasteiger partial charge on any atom is 0.0826 e. The number of hydrazine groups is 1. The highest BCUT2D eigenvalue weighted by Gasteiger charge is 2.24.